The second kappa shape index (κ2) is 3.78. The molecule has 1 heterocycles. The molecule has 0 saturated heterocycles. The largest absolute Gasteiger partial charge is 0.383 e. The van der Waals surface area contributed by atoms with Crippen molar-refractivity contribution < 1.29 is 13.9 Å². The zero-order chi connectivity index (χ0) is 10.8. The second-order valence-electron chi connectivity index (χ2n) is 3.08. The van der Waals surface area contributed by atoms with Gasteiger partial charge in [0.2, 0.25) is 0 Å². The molecule has 0 radical (unpaired) electrons. The lowest BCUT2D eigenvalue weighted by atomic mass is 10.0. The van der Waals surface area contributed by atoms with E-state index in [1.165, 1.54) is 24.5 Å². The molecule has 0 amide bonds. The minimum atomic E-state index is -1.21. The number of hydrogen-bond acceptors (Lipinski definition) is 2. The minimum absolute atomic E-state index is 0.101. The highest BCUT2D eigenvalue weighted by Crippen LogP contribution is 2.24. The Hall–Kier alpha value is -1.75. The summed E-state index contributed by atoms with van der Waals surface area (Å²) < 4.78 is 26.2. The number of aliphatic hydroxyl groups excluding tert-OH is 1. The van der Waals surface area contributed by atoms with Gasteiger partial charge in [0.15, 0.2) is 11.6 Å². The van der Waals surface area contributed by atoms with Gasteiger partial charge in [-0.05, 0) is 6.07 Å². The molecule has 5 heteroatoms. The Balaban J connectivity index is 2.42. The number of halogens is 2. The lowest BCUT2D eigenvalue weighted by Crippen LogP contribution is -2.03. The van der Waals surface area contributed by atoms with E-state index in [1.54, 1.807) is 0 Å². The summed E-state index contributed by atoms with van der Waals surface area (Å²) >= 11 is 0. The Morgan fingerprint density at radius 2 is 2.13 bits per heavy atom. The molecule has 0 aliphatic rings. The van der Waals surface area contributed by atoms with Crippen molar-refractivity contribution >= 4 is 0 Å². The van der Waals surface area contributed by atoms with Crippen LogP contribution in [-0.4, -0.2) is 15.3 Å². The van der Waals surface area contributed by atoms with Crippen molar-refractivity contribution in [2.45, 2.75) is 6.10 Å². The van der Waals surface area contributed by atoms with E-state index in [2.05, 4.69) is 10.2 Å². The quantitative estimate of drug-likeness (QED) is 0.793. The third-order valence-electron chi connectivity index (χ3n) is 2.11. The maximum absolute atomic E-state index is 13.3. The topological polar surface area (TPSA) is 48.9 Å². The smallest absolute Gasteiger partial charge is 0.164 e. The third-order valence-corrected chi connectivity index (χ3v) is 2.11. The summed E-state index contributed by atoms with van der Waals surface area (Å²) in [7, 11) is 0. The number of rotatable bonds is 2. The molecular weight excluding hydrogens is 202 g/mol. The summed E-state index contributed by atoms with van der Waals surface area (Å²) in [6, 6.07) is 3.67. The molecule has 0 aliphatic heterocycles. The normalized spacial score (nSPS) is 12.7. The van der Waals surface area contributed by atoms with E-state index in [4.69, 9.17) is 0 Å². The number of aromatic nitrogens is 2. The molecule has 0 aliphatic carbocycles. The minimum Gasteiger partial charge on any atom is -0.383 e. The van der Waals surface area contributed by atoms with Crippen molar-refractivity contribution in [1.29, 1.82) is 0 Å². The highest BCUT2D eigenvalue weighted by molar-refractivity contribution is 5.28. The highest BCUT2D eigenvalue weighted by atomic mass is 19.2. The molecule has 0 saturated carbocycles. The highest BCUT2D eigenvalue weighted by Gasteiger charge is 2.17. The van der Waals surface area contributed by atoms with Gasteiger partial charge in [0.25, 0.3) is 0 Å². The summed E-state index contributed by atoms with van der Waals surface area (Å²) in [5.41, 5.74) is 0.288. The Morgan fingerprint density at radius 3 is 2.80 bits per heavy atom. The summed E-state index contributed by atoms with van der Waals surface area (Å²) in [5, 5.41) is 15.8. The predicted molar refractivity (Wildman–Crippen MR) is 49.0 cm³/mol. The average Bonchev–Trinajstić information content (AvgIpc) is 2.74. The van der Waals surface area contributed by atoms with E-state index in [9.17, 15) is 13.9 Å². The van der Waals surface area contributed by atoms with Crippen LogP contribution in [0.4, 0.5) is 8.78 Å². The molecule has 1 unspecified atom stereocenters. The molecule has 0 bridgehead atoms. The van der Waals surface area contributed by atoms with E-state index in [0.717, 1.165) is 6.07 Å². The molecule has 2 N–H and O–H groups in total. The summed E-state index contributed by atoms with van der Waals surface area (Å²) in [6.07, 6.45) is 1.57. The van der Waals surface area contributed by atoms with Crippen LogP contribution in [0.5, 0.6) is 0 Å². The molecule has 3 nitrogen and oxygen atoms in total. The predicted octanol–water partition coefficient (Wildman–Crippen LogP) is 1.77. The molecule has 1 aromatic heterocycles. The lowest BCUT2D eigenvalue weighted by Gasteiger charge is -2.09. The monoisotopic (exact) mass is 210 g/mol. The number of aromatic amines is 1. The van der Waals surface area contributed by atoms with Gasteiger partial charge in [-0.1, -0.05) is 12.1 Å². The van der Waals surface area contributed by atoms with Crippen LogP contribution >= 0.6 is 0 Å². The fourth-order valence-electron chi connectivity index (χ4n) is 1.32. The van der Waals surface area contributed by atoms with Crippen molar-refractivity contribution in [3.63, 3.8) is 0 Å². The first kappa shape index (κ1) is 9.79. The second-order valence-corrected chi connectivity index (χ2v) is 3.08. The van der Waals surface area contributed by atoms with Crippen LogP contribution in [-0.2, 0) is 0 Å². The molecular formula is C10H8F2N2O. The van der Waals surface area contributed by atoms with Crippen LogP contribution in [0.2, 0.25) is 0 Å². The van der Waals surface area contributed by atoms with Gasteiger partial charge in [-0.2, -0.15) is 5.10 Å². The molecule has 2 rings (SSSR count). The van der Waals surface area contributed by atoms with Crippen molar-refractivity contribution in [2.75, 3.05) is 0 Å². The fraction of sp³-hybridized carbons (Fsp3) is 0.100. The van der Waals surface area contributed by atoms with Gasteiger partial charge in [0.05, 0.1) is 6.20 Å². The van der Waals surface area contributed by atoms with E-state index < -0.39 is 17.7 Å². The maximum atomic E-state index is 13.3. The van der Waals surface area contributed by atoms with E-state index in [-0.39, 0.29) is 5.56 Å². The van der Waals surface area contributed by atoms with Gasteiger partial charge in [0.1, 0.15) is 6.10 Å². The van der Waals surface area contributed by atoms with E-state index in [1.807, 2.05) is 0 Å². The number of nitrogens with zero attached hydrogens (tertiary/aromatic N) is 1. The van der Waals surface area contributed by atoms with Gasteiger partial charge in [-0.15, -0.1) is 0 Å². The van der Waals surface area contributed by atoms with Crippen molar-refractivity contribution in [3.8, 4) is 0 Å². The van der Waals surface area contributed by atoms with Gasteiger partial charge in [-0.25, -0.2) is 8.78 Å². The van der Waals surface area contributed by atoms with Crippen LogP contribution < -0.4 is 0 Å². The van der Waals surface area contributed by atoms with Crippen molar-refractivity contribution in [2.24, 2.45) is 0 Å². The summed E-state index contributed by atoms with van der Waals surface area (Å²) in [4.78, 5) is 0. The Bertz CT molecular complexity index is 456. The van der Waals surface area contributed by atoms with E-state index >= 15 is 0 Å². The molecule has 15 heavy (non-hydrogen) atoms. The van der Waals surface area contributed by atoms with Crippen LogP contribution in [0.25, 0.3) is 0 Å². The molecule has 2 aromatic rings. The molecule has 78 valence electrons. The molecule has 0 fully saturated rings. The number of aliphatic hydroxyl groups is 1. The van der Waals surface area contributed by atoms with Crippen LogP contribution in [0, 0.1) is 11.6 Å². The zero-order valence-electron chi connectivity index (χ0n) is 7.61. The first-order valence-electron chi connectivity index (χ1n) is 4.31. The van der Waals surface area contributed by atoms with Crippen molar-refractivity contribution in [3.05, 3.63) is 53.4 Å². The zero-order valence-corrected chi connectivity index (χ0v) is 7.61. The molecule has 1 aromatic carbocycles. The Morgan fingerprint density at radius 1 is 1.33 bits per heavy atom. The van der Waals surface area contributed by atoms with Gasteiger partial charge in [-0.3, -0.25) is 5.10 Å². The summed E-state index contributed by atoms with van der Waals surface area (Å²) in [5.74, 6) is -2.01. The lowest BCUT2D eigenvalue weighted by molar-refractivity contribution is 0.213. The maximum Gasteiger partial charge on any atom is 0.164 e. The number of hydrogen-bond donors (Lipinski definition) is 2. The third kappa shape index (κ3) is 1.73. The van der Waals surface area contributed by atoms with Crippen molar-refractivity contribution in [1.82, 2.24) is 10.2 Å². The summed E-state index contributed by atoms with van der Waals surface area (Å²) in [6.45, 7) is 0. The Kier molecular flexibility index (Phi) is 2.47. The van der Waals surface area contributed by atoms with Crippen LogP contribution in [0.3, 0.4) is 0 Å². The van der Waals surface area contributed by atoms with Gasteiger partial charge < -0.3 is 5.11 Å². The fourth-order valence-corrected chi connectivity index (χ4v) is 1.32. The number of H-pyrrole nitrogens is 1. The molecule has 1 atom stereocenters. The number of benzene rings is 1. The van der Waals surface area contributed by atoms with E-state index in [0.29, 0.717) is 5.56 Å². The van der Waals surface area contributed by atoms with Gasteiger partial charge >= 0.3 is 0 Å². The van der Waals surface area contributed by atoms with Crippen LogP contribution in [0.1, 0.15) is 17.2 Å². The van der Waals surface area contributed by atoms with Crippen LogP contribution in [0.15, 0.2) is 30.6 Å². The SMILES string of the molecule is OC(c1cn[nH]c1)c1cccc(F)c1F. The average molecular weight is 210 g/mol. The number of nitrogens with one attached hydrogen (secondary N) is 1. The Labute approximate surface area is 84.4 Å². The standard InChI is InChI=1S/C10H8F2N2O/c11-8-3-1-2-7(9(8)12)10(15)6-4-13-14-5-6/h1-5,10,15H,(H,13,14). The molecule has 0 spiro atoms. The first-order chi connectivity index (χ1) is 7.20. The first-order valence-corrected chi connectivity index (χ1v) is 4.31. The van der Waals surface area contributed by atoms with Gasteiger partial charge in [0, 0.05) is 17.3 Å².